The highest BCUT2D eigenvalue weighted by molar-refractivity contribution is 6.08. The van der Waals surface area contributed by atoms with Crippen molar-refractivity contribution in [2.45, 2.75) is 0 Å². The van der Waals surface area contributed by atoms with Gasteiger partial charge >= 0.3 is 0 Å². The van der Waals surface area contributed by atoms with Gasteiger partial charge in [0.15, 0.2) is 17.3 Å². The van der Waals surface area contributed by atoms with E-state index in [-0.39, 0.29) is 22.8 Å². The molecule has 2 rings (SSSR count). The first-order chi connectivity index (χ1) is 9.47. The molecule has 0 aliphatic rings. The second kappa shape index (κ2) is 5.44. The number of aromatic hydroxyl groups is 3. The van der Waals surface area contributed by atoms with Crippen LogP contribution in [0.1, 0.15) is 15.9 Å². The van der Waals surface area contributed by atoms with Crippen molar-refractivity contribution in [3.8, 4) is 17.2 Å². The molecule has 0 heterocycles. The fourth-order valence-corrected chi connectivity index (χ4v) is 1.61. The van der Waals surface area contributed by atoms with Crippen LogP contribution >= 0.6 is 0 Å². The zero-order chi connectivity index (χ0) is 14.7. The van der Waals surface area contributed by atoms with E-state index in [4.69, 9.17) is 5.11 Å². The number of phenols is 3. The van der Waals surface area contributed by atoms with Gasteiger partial charge in [0.05, 0.1) is 5.56 Å². The molecule has 0 aliphatic carbocycles. The van der Waals surface area contributed by atoms with Crippen molar-refractivity contribution in [2.24, 2.45) is 0 Å². The van der Waals surface area contributed by atoms with E-state index in [1.807, 2.05) is 0 Å². The van der Waals surface area contributed by atoms with Gasteiger partial charge in [0.2, 0.25) is 0 Å². The van der Waals surface area contributed by atoms with E-state index in [9.17, 15) is 19.4 Å². The molecule has 0 fully saturated rings. The molecule has 0 amide bonds. The van der Waals surface area contributed by atoms with Crippen LogP contribution < -0.4 is 0 Å². The van der Waals surface area contributed by atoms with Gasteiger partial charge < -0.3 is 15.3 Å². The molecule has 4 nitrogen and oxygen atoms in total. The number of hydrogen-bond donors (Lipinski definition) is 3. The Morgan fingerprint density at radius 1 is 0.950 bits per heavy atom. The Morgan fingerprint density at radius 3 is 2.35 bits per heavy atom. The number of halogens is 1. The summed E-state index contributed by atoms with van der Waals surface area (Å²) in [6, 6.07) is 7.13. The third-order valence-electron chi connectivity index (χ3n) is 2.65. The molecule has 0 saturated carbocycles. The zero-order valence-corrected chi connectivity index (χ0v) is 10.2. The monoisotopic (exact) mass is 274 g/mol. The van der Waals surface area contributed by atoms with Crippen molar-refractivity contribution in [2.75, 3.05) is 0 Å². The lowest BCUT2D eigenvalue weighted by molar-refractivity contribution is 0.104. The molecule has 5 heteroatoms. The van der Waals surface area contributed by atoms with Crippen LogP contribution in [0.4, 0.5) is 4.39 Å². The van der Waals surface area contributed by atoms with Gasteiger partial charge in [-0.1, -0.05) is 12.1 Å². The molecule has 20 heavy (non-hydrogen) atoms. The fraction of sp³-hybridized carbons (Fsp3) is 0. The van der Waals surface area contributed by atoms with Crippen LogP contribution in [0, 0.1) is 5.82 Å². The van der Waals surface area contributed by atoms with Crippen LogP contribution in [-0.4, -0.2) is 21.1 Å². The summed E-state index contributed by atoms with van der Waals surface area (Å²) >= 11 is 0. The van der Waals surface area contributed by atoms with Crippen LogP contribution in [0.25, 0.3) is 6.08 Å². The number of carbonyl (C=O) groups excluding carboxylic acids is 1. The Bertz CT molecular complexity index is 692. The Balaban J connectivity index is 2.24. The third-order valence-corrected chi connectivity index (χ3v) is 2.65. The average Bonchev–Trinajstić information content (AvgIpc) is 2.42. The molecule has 0 spiro atoms. The molecule has 0 aliphatic heterocycles. The van der Waals surface area contributed by atoms with Gasteiger partial charge in [0, 0.05) is 0 Å². The predicted molar refractivity (Wildman–Crippen MR) is 71.2 cm³/mol. The minimum atomic E-state index is -0.623. The van der Waals surface area contributed by atoms with E-state index in [0.29, 0.717) is 5.56 Å². The summed E-state index contributed by atoms with van der Waals surface area (Å²) in [6.07, 6.45) is 2.52. The minimum Gasteiger partial charge on any atom is -0.507 e. The van der Waals surface area contributed by atoms with Gasteiger partial charge in [-0.25, -0.2) is 4.39 Å². The van der Waals surface area contributed by atoms with Gasteiger partial charge in [-0.3, -0.25) is 4.79 Å². The first-order valence-corrected chi connectivity index (χ1v) is 5.70. The maximum Gasteiger partial charge on any atom is 0.189 e. The Labute approximate surface area is 114 Å². The van der Waals surface area contributed by atoms with Crippen molar-refractivity contribution in [1.82, 2.24) is 0 Å². The van der Waals surface area contributed by atoms with Gasteiger partial charge in [-0.05, 0) is 42.0 Å². The van der Waals surface area contributed by atoms with Gasteiger partial charge in [0.1, 0.15) is 11.6 Å². The maximum absolute atomic E-state index is 13.0. The van der Waals surface area contributed by atoms with Crippen LogP contribution in [-0.2, 0) is 0 Å². The molecule has 0 radical (unpaired) electrons. The molecule has 102 valence electrons. The van der Waals surface area contributed by atoms with E-state index in [1.54, 1.807) is 0 Å². The summed E-state index contributed by atoms with van der Waals surface area (Å²) in [6.45, 7) is 0. The summed E-state index contributed by atoms with van der Waals surface area (Å²) in [7, 11) is 0. The molecule has 0 unspecified atom stereocenters. The molecule has 0 saturated heterocycles. The van der Waals surface area contributed by atoms with Gasteiger partial charge in [-0.2, -0.15) is 0 Å². The molecule has 0 bridgehead atoms. The molecule has 2 aromatic carbocycles. The minimum absolute atomic E-state index is 0.149. The number of rotatable bonds is 3. The normalized spacial score (nSPS) is 10.8. The summed E-state index contributed by atoms with van der Waals surface area (Å²) in [4.78, 5) is 11.8. The van der Waals surface area contributed by atoms with E-state index >= 15 is 0 Å². The largest absolute Gasteiger partial charge is 0.507 e. The number of phenolic OH excluding ortho intramolecular Hbond substituents is 3. The molecule has 0 atom stereocenters. The topological polar surface area (TPSA) is 77.8 Å². The van der Waals surface area contributed by atoms with Gasteiger partial charge in [-0.15, -0.1) is 0 Å². The second-order valence-electron chi connectivity index (χ2n) is 4.11. The third kappa shape index (κ3) is 2.95. The lowest BCUT2D eigenvalue weighted by atomic mass is 10.1. The highest BCUT2D eigenvalue weighted by atomic mass is 19.1. The number of hydrogen-bond acceptors (Lipinski definition) is 4. The number of carbonyl (C=O) groups is 1. The SMILES string of the molecule is O=C(/C=C/c1ccc(O)c(O)c1)c1cc(F)ccc1O. The van der Waals surface area contributed by atoms with Crippen molar-refractivity contribution in [1.29, 1.82) is 0 Å². The number of ketones is 1. The molecular weight excluding hydrogens is 263 g/mol. The van der Waals surface area contributed by atoms with Crippen LogP contribution in [0.2, 0.25) is 0 Å². The molecular formula is C15H11FO4. The predicted octanol–water partition coefficient (Wildman–Crippen LogP) is 2.84. The van der Waals surface area contributed by atoms with Crippen LogP contribution in [0.5, 0.6) is 17.2 Å². The van der Waals surface area contributed by atoms with E-state index in [2.05, 4.69) is 0 Å². The summed E-state index contributed by atoms with van der Waals surface area (Å²) in [5, 5.41) is 27.9. The number of benzene rings is 2. The smallest absolute Gasteiger partial charge is 0.189 e. The van der Waals surface area contributed by atoms with E-state index in [1.165, 1.54) is 24.3 Å². The first-order valence-electron chi connectivity index (χ1n) is 5.70. The number of allylic oxidation sites excluding steroid dienone is 1. The standard InChI is InChI=1S/C15H11FO4/c16-10-3-6-13(18)11(8-10)12(17)4-1-9-2-5-14(19)15(20)7-9/h1-8,18-20H/b4-1+. The fourth-order valence-electron chi connectivity index (χ4n) is 1.61. The van der Waals surface area contributed by atoms with Crippen LogP contribution in [0.15, 0.2) is 42.5 Å². The Hall–Kier alpha value is -2.82. The van der Waals surface area contributed by atoms with E-state index < -0.39 is 11.6 Å². The summed E-state index contributed by atoms with van der Waals surface area (Å²) in [5.74, 6) is -2.09. The van der Waals surface area contributed by atoms with Gasteiger partial charge in [0.25, 0.3) is 0 Å². The lowest BCUT2D eigenvalue weighted by Crippen LogP contribution is -1.95. The van der Waals surface area contributed by atoms with Crippen molar-refractivity contribution >= 4 is 11.9 Å². The summed E-state index contributed by atoms with van der Waals surface area (Å²) in [5.41, 5.74) is 0.328. The summed E-state index contributed by atoms with van der Waals surface area (Å²) < 4.78 is 13.0. The second-order valence-corrected chi connectivity index (χ2v) is 4.11. The van der Waals surface area contributed by atoms with E-state index in [0.717, 1.165) is 24.3 Å². The zero-order valence-electron chi connectivity index (χ0n) is 10.2. The molecule has 2 aromatic rings. The Morgan fingerprint density at radius 2 is 1.65 bits per heavy atom. The lowest BCUT2D eigenvalue weighted by Gasteiger charge is -2.01. The van der Waals surface area contributed by atoms with Crippen molar-refractivity contribution < 1.29 is 24.5 Å². The van der Waals surface area contributed by atoms with Crippen molar-refractivity contribution in [3.05, 3.63) is 59.4 Å². The first kappa shape index (κ1) is 13.6. The van der Waals surface area contributed by atoms with Crippen LogP contribution in [0.3, 0.4) is 0 Å². The maximum atomic E-state index is 13.0. The Kier molecular flexibility index (Phi) is 3.70. The highest BCUT2D eigenvalue weighted by Gasteiger charge is 2.09. The van der Waals surface area contributed by atoms with Crippen molar-refractivity contribution in [3.63, 3.8) is 0 Å². The molecule has 0 aromatic heterocycles. The highest BCUT2D eigenvalue weighted by Crippen LogP contribution is 2.25. The average molecular weight is 274 g/mol. The quantitative estimate of drug-likeness (QED) is 0.457. The molecule has 3 N–H and O–H groups in total.